The Morgan fingerprint density at radius 3 is 2.66 bits per heavy atom. The number of nitrogens with one attached hydrogen (secondary N) is 1. The lowest BCUT2D eigenvalue weighted by Crippen LogP contribution is -2.39. The summed E-state index contributed by atoms with van der Waals surface area (Å²) >= 11 is 0. The van der Waals surface area contributed by atoms with Crippen molar-refractivity contribution in [1.29, 1.82) is 0 Å². The van der Waals surface area contributed by atoms with E-state index in [1.165, 1.54) is 4.57 Å². The third-order valence-electron chi connectivity index (χ3n) is 5.10. The number of methoxy groups -OCH3 is 1. The maximum atomic E-state index is 12.6. The summed E-state index contributed by atoms with van der Waals surface area (Å²) in [4.78, 5) is 27.0. The molecule has 1 N–H and O–H groups in total. The number of carbonyl (C=O) groups excluding carboxylic acids is 1. The quantitative estimate of drug-likeness (QED) is 0.601. The molecule has 7 heteroatoms. The van der Waals surface area contributed by atoms with Crippen molar-refractivity contribution >= 4 is 17.0 Å². The molecule has 0 aliphatic heterocycles. The Labute approximate surface area is 169 Å². The fourth-order valence-corrected chi connectivity index (χ4v) is 3.54. The molecule has 2 aromatic carbocycles. The second-order valence-corrected chi connectivity index (χ2v) is 6.74. The summed E-state index contributed by atoms with van der Waals surface area (Å²) in [5.41, 5.74) is 2.16. The van der Waals surface area contributed by atoms with Gasteiger partial charge in [-0.2, -0.15) is 0 Å². The number of aromatic nitrogens is 1. The molecule has 1 heterocycles. The van der Waals surface area contributed by atoms with E-state index in [1.807, 2.05) is 30.3 Å². The first-order chi connectivity index (χ1) is 14.1. The Hall–Kier alpha value is -3.06. The van der Waals surface area contributed by atoms with Crippen LogP contribution in [0.4, 0.5) is 0 Å². The van der Waals surface area contributed by atoms with Gasteiger partial charge >= 0.3 is 5.76 Å². The Morgan fingerprint density at radius 2 is 1.93 bits per heavy atom. The van der Waals surface area contributed by atoms with Gasteiger partial charge in [0.15, 0.2) is 5.58 Å². The van der Waals surface area contributed by atoms with E-state index in [0.717, 1.165) is 24.4 Å². The third-order valence-corrected chi connectivity index (χ3v) is 5.10. The van der Waals surface area contributed by atoms with E-state index in [1.54, 1.807) is 25.3 Å². The first-order valence-corrected chi connectivity index (χ1v) is 9.80. The summed E-state index contributed by atoms with van der Waals surface area (Å²) in [5.74, 6) is 0.00976. The first-order valence-electron chi connectivity index (χ1n) is 9.80. The molecule has 29 heavy (non-hydrogen) atoms. The predicted molar refractivity (Wildman–Crippen MR) is 112 cm³/mol. The highest BCUT2D eigenvalue weighted by atomic mass is 16.5. The highest BCUT2D eigenvalue weighted by molar-refractivity contribution is 5.79. The lowest BCUT2D eigenvalue weighted by atomic mass is 10.0. The van der Waals surface area contributed by atoms with Crippen molar-refractivity contribution in [2.75, 3.05) is 26.7 Å². The van der Waals surface area contributed by atoms with Crippen LogP contribution < -0.4 is 15.8 Å². The highest BCUT2D eigenvalue weighted by Crippen LogP contribution is 2.23. The summed E-state index contributed by atoms with van der Waals surface area (Å²) < 4.78 is 11.9. The van der Waals surface area contributed by atoms with Gasteiger partial charge in [-0.15, -0.1) is 0 Å². The number of nitrogens with zero attached hydrogens (tertiary/aromatic N) is 2. The molecule has 154 valence electrons. The largest absolute Gasteiger partial charge is 0.497 e. The highest BCUT2D eigenvalue weighted by Gasteiger charge is 2.20. The van der Waals surface area contributed by atoms with Crippen molar-refractivity contribution in [2.24, 2.45) is 0 Å². The van der Waals surface area contributed by atoms with Gasteiger partial charge < -0.3 is 14.5 Å². The zero-order valence-corrected chi connectivity index (χ0v) is 17.1. The number of amides is 1. The van der Waals surface area contributed by atoms with Gasteiger partial charge in [0, 0.05) is 6.54 Å². The molecule has 0 radical (unpaired) electrons. The summed E-state index contributed by atoms with van der Waals surface area (Å²) in [6.07, 6.45) is 0. The molecule has 1 atom stereocenters. The average molecular weight is 397 g/mol. The normalized spacial score (nSPS) is 12.3. The van der Waals surface area contributed by atoms with Crippen LogP contribution >= 0.6 is 0 Å². The molecule has 0 saturated carbocycles. The van der Waals surface area contributed by atoms with Gasteiger partial charge in [0.25, 0.3) is 0 Å². The van der Waals surface area contributed by atoms with Crippen LogP contribution in [0.2, 0.25) is 0 Å². The molecule has 0 bridgehead atoms. The second kappa shape index (κ2) is 9.43. The molecular formula is C22H27N3O4. The number of hydrogen-bond donors (Lipinski definition) is 1. The molecule has 1 unspecified atom stereocenters. The lowest BCUT2D eigenvalue weighted by Gasteiger charge is -2.30. The standard InChI is InChI=1S/C22H27N3O4/c1-4-24(5-2)19(16-9-8-10-17(13-16)28-3)14-23-21(26)15-25-18-11-6-7-12-20(18)29-22(25)27/h6-13,19H,4-5,14-15H2,1-3H3,(H,23,26). The smallest absolute Gasteiger partial charge is 0.420 e. The van der Waals surface area contributed by atoms with Gasteiger partial charge in [0.1, 0.15) is 12.3 Å². The number of oxazole rings is 1. The van der Waals surface area contributed by atoms with E-state index >= 15 is 0 Å². The predicted octanol–water partition coefficient (Wildman–Crippen LogP) is 2.80. The summed E-state index contributed by atoms with van der Waals surface area (Å²) in [6, 6.07) is 15.0. The van der Waals surface area contributed by atoms with Crippen molar-refractivity contribution in [3.8, 4) is 5.75 Å². The molecule has 0 fully saturated rings. The van der Waals surface area contributed by atoms with Gasteiger partial charge in [-0.3, -0.25) is 14.3 Å². The minimum atomic E-state index is -0.533. The van der Waals surface area contributed by atoms with Crippen molar-refractivity contribution < 1.29 is 13.9 Å². The van der Waals surface area contributed by atoms with Crippen LogP contribution in [0.15, 0.2) is 57.7 Å². The topological polar surface area (TPSA) is 76.7 Å². The Balaban J connectivity index is 1.75. The molecule has 0 saturated heterocycles. The third kappa shape index (κ3) is 4.68. The minimum Gasteiger partial charge on any atom is -0.497 e. The van der Waals surface area contributed by atoms with Crippen molar-refractivity contribution in [3.63, 3.8) is 0 Å². The van der Waals surface area contributed by atoms with Crippen LogP contribution in [-0.4, -0.2) is 42.1 Å². The van der Waals surface area contributed by atoms with Crippen LogP contribution in [0.1, 0.15) is 25.5 Å². The average Bonchev–Trinajstić information content (AvgIpc) is 3.06. The molecule has 0 spiro atoms. The van der Waals surface area contributed by atoms with Gasteiger partial charge in [0.2, 0.25) is 5.91 Å². The van der Waals surface area contributed by atoms with E-state index in [9.17, 15) is 9.59 Å². The SMILES string of the molecule is CCN(CC)C(CNC(=O)Cn1c(=O)oc2ccccc21)c1cccc(OC)c1. The Morgan fingerprint density at radius 1 is 1.17 bits per heavy atom. The Bertz CT molecular complexity index is 1020. The summed E-state index contributed by atoms with van der Waals surface area (Å²) in [7, 11) is 1.64. The van der Waals surface area contributed by atoms with Crippen molar-refractivity contribution in [2.45, 2.75) is 26.4 Å². The van der Waals surface area contributed by atoms with E-state index in [4.69, 9.17) is 9.15 Å². The second-order valence-electron chi connectivity index (χ2n) is 6.74. The van der Waals surface area contributed by atoms with Crippen LogP contribution in [0.3, 0.4) is 0 Å². The Kier molecular flexibility index (Phi) is 6.72. The minimum absolute atomic E-state index is 0.00173. The van der Waals surface area contributed by atoms with Crippen LogP contribution in [0.25, 0.3) is 11.1 Å². The summed E-state index contributed by atoms with van der Waals surface area (Å²) in [6.45, 7) is 6.22. The molecule has 1 amide bonds. The zero-order chi connectivity index (χ0) is 20.8. The van der Waals surface area contributed by atoms with Gasteiger partial charge in [-0.05, 0) is 42.9 Å². The molecule has 7 nitrogen and oxygen atoms in total. The fraction of sp³-hybridized carbons (Fsp3) is 0.364. The molecule has 0 aliphatic carbocycles. The molecule has 3 rings (SSSR count). The lowest BCUT2D eigenvalue weighted by molar-refractivity contribution is -0.122. The number of hydrogen-bond acceptors (Lipinski definition) is 5. The number of para-hydroxylation sites is 2. The number of carbonyl (C=O) groups is 1. The summed E-state index contributed by atoms with van der Waals surface area (Å²) in [5, 5.41) is 2.98. The van der Waals surface area contributed by atoms with Crippen LogP contribution in [0, 0.1) is 0 Å². The zero-order valence-electron chi connectivity index (χ0n) is 17.1. The van der Waals surface area contributed by atoms with Crippen LogP contribution in [0.5, 0.6) is 5.75 Å². The maximum absolute atomic E-state index is 12.6. The van der Waals surface area contributed by atoms with E-state index in [0.29, 0.717) is 17.6 Å². The van der Waals surface area contributed by atoms with Crippen molar-refractivity contribution in [3.05, 3.63) is 64.6 Å². The molecular weight excluding hydrogens is 370 g/mol. The number of benzene rings is 2. The number of ether oxygens (including phenoxy) is 1. The first kappa shape index (κ1) is 20.7. The number of rotatable bonds is 9. The fourth-order valence-electron chi connectivity index (χ4n) is 3.54. The van der Waals surface area contributed by atoms with Crippen LogP contribution in [-0.2, 0) is 11.3 Å². The maximum Gasteiger partial charge on any atom is 0.420 e. The molecule has 3 aromatic rings. The molecule has 1 aromatic heterocycles. The van der Waals surface area contributed by atoms with Gasteiger partial charge in [-0.1, -0.05) is 38.1 Å². The monoisotopic (exact) mass is 397 g/mol. The van der Waals surface area contributed by atoms with Gasteiger partial charge in [-0.25, -0.2) is 4.79 Å². The van der Waals surface area contributed by atoms with E-state index in [2.05, 4.69) is 24.1 Å². The molecule has 0 aliphatic rings. The van der Waals surface area contributed by atoms with Crippen molar-refractivity contribution in [1.82, 2.24) is 14.8 Å². The van der Waals surface area contributed by atoms with Gasteiger partial charge in [0.05, 0.1) is 18.7 Å². The van der Waals surface area contributed by atoms with E-state index < -0.39 is 5.76 Å². The number of likely N-dealkylation sites (N-methyl/N-ethyl adjacent to an activating group) is 1. The number of fused-ring (bicyclic) bond motifs is 1. The van der Waals surface area contributed by atoms with E-state index in [-0.39, 0.29) is 18.5 Å².